The van der Waals surface area contributed by atoms with Gasteiger partial charge in [0.2, 0.25) is 0 Å². The first-order valence-electron chi connectivity index (χ1n) is 7.24. The van der Waals surface area contributed by atoms with Crippen LogP contribution in [0.25, 0.3) is 0 Å². The van der Waals surface area contributed by atoms with Crippen LogP contribution < -0.4 is 9.64 Å². The number of hydrogen-bond acceptors (Lipinski definition) is 4. The molecule has 5 nitrogen and oxygen atoms in total. The lowest BCUT2D eigenvalue weighted by Gasteiger charge is -2.38. The van der Waals surface area contributed by atoms with Crippen LogP contribution in [-0.4, -0.2) is 30.1 Å². The van der Waals surface area contributed by atoms with Crippen molar-refractivity contribution in [1.29, 1.82) is 0 Å². The number of nitrogens with zero attached hydrogens (tertiary/aromatic N) is 1. The lowest BCUT2D eigenvalue weighted by atomic mass is 10.0. The summed E-state index contributed by atoms with van der Waals surface area (Å²) in [6.07, 6.45) is 0.534. The number of ether oxygens (including phenoxy) is 2. The van der Waals surface area contributed by atoms with E-state index in [2.05, 4.69) is 0 Å². The number of halogens is 1. The molecule has 1 aliphatic heterocycles. The molecule has 0 radical (unpaired) electrons. The minimum absolute atomic E-state index is 0.163. The average Bonchev–Trinajstić information content (AvgIpc) is 2.44. The Balaban J connectivity index is 2.30. The Morgan fingerprint density at radius 3 is 2.77 bits per heavy atom. The molecule has 1 heterocycles. The largest absolute Gasteiger partial charge is 0.476 e. The first-order valence-corrected chi connectivity index (χ1v) is 7.62. The number of fused-ring (bicyclic) bond motifs is 1. The SMILES string of the molecule is CCC(C)OC(=O)CN1C(=O)C(C)(C)Oc2ccc(Cl)cc21. The molecule has 0 spiro atoms. The highest BCUT2D eigenvalue weighted by atomic mass is 35.5. The van der Waals surface area contributed by atoms with E-state index in [0.717, 1.165) is 6.42 Å². The van der Waals surface area contributed by atoms with E-state index in [-0.39, 0.29) is 18.6 Å². The highest BCUT2D eigenvalue weighted by Crippen LogP contribution is 2.39. The highest BCUT2D eigenvalue weighted by molar-refractivity contribution is 6.31. The van der Waals surface area contributed by atoms with Gasteiger partial charge in [-0.15, -0.1) is 0 Å². The summed E-state index contributed by atoms with van der Waals surface area (Å²) >= 11 is 5.99. The van der Waals surface area contributed by atoms with Gasteiger partial charge in [-0.2, -0.15) is 0 Å². The molecule has 0 saturated heterocycles. The predicted octanol–water partition coefficient (Wildman–Crippen LogP) is 3.19. The maximum Gasteiger partial charge on any atom is 0.326 e. The third kappa shape index (κ3) is 3.35. The lowest BCUT2D eigenvalue weighted by Crippen LogP contribution is -2.54. The second-order valence-electron chi connectivity index (χ2n) is 5.82. The van der Waals surface area contributed by atoms with Crippen molar-refractivity contribution in [3.8, 4) is 5.75 Å². The molecule has 1 aromatic rings. The highest BCUT2D eigenvalue weighted by Gasteiger charge is 2.41. The fourth-order valence-corrected chi connectivity index (χ4v) is 2.34. The van der Waals surface area contributed by atoms with Crippen LogP contribution in [0.4, 0.5) is 5.69 Å². The fraction of sp³-hybridized carbons (Fsp3) is 0.500. The molecule has 1 unspecified atom stereocenters. The van der Waals surface area contributed by atoms with Gasteiger partial charge in [-0.1, -0.05) is 18.5 Å². The molecule has 6 heteroatoms. The van der Waals surface area contributed by atoms with Gasteiger partial charge in [0.15, 0.2) is 5.60 Å². The van der Waals surface area contributed by atoms with Crippen LogP contribution in [0.15, 0.2) is 18.2 Å². The summed E-state index contributed by atoms with van der Waals surface area (Å²) in [7, 11) is 0. The number of carbonyl (C=O) groups is 2. The van der Waals surface area contributed by atoms with Crippen molar-refractivity contribution in [3.63, 3.8) is 0 Å². The van der Waals surface area contributed by atoms with Gasteiger partial charge in [-0.25, -0.2) is 0 Å². The molecule has 0 bridgehead atoms. The minimum Gasteiger partial charge on any atom is -0.476 e. The van der Waals surface area contributed by atoms with E-state index < -0.39 is 11.6 Å². The second kappa shape index (κ2) is 6.16. The topological polar surface area (TPSA) is 55.8 Å². The lowest BCUT2D eigenvalue weighted by molar-refractivity contribution is -0.148. The molecule has 22 heavy (non-hydrogen) atoms. The van der Waals surface area contributed by atoms with Crippen LogP contribution in [0.2, 0.25) is 5.02 Å². The monoisotopic (exact) mass is 325 g/mol. The van der Waals surface area contributed by atoms with E-state index >= 15 is 0 Å². The van der Waals surface area contributed by atoms with Crippen molar-refractivity contribution >= 4 is 29.2 Å². The first-order chi connectivity index (χ1) is 10.2. The van der Waals surface area contributed by atoms with Gasteiger partial charge in [0.1, 0.15) is 12.3 Å². The van der Waals surface area contributed by atoms with Gasteiger partial charge in [-0.05, 0) is 45.4 Å². The summed E-state index contributed by atoms with van der Waals surface area (Å²) in [5.41, 5.74) is -0.560. The molecule has 2 rings (SSSR count). The van der Waals surface area contributed by atoms with Crippen molar-refractivity contribution < 1.29 is 19.1 Å². The summed E-state index contributed by atoms with van der Waals surface area (Å²) in [6, 6.07) is 4.99. The maximum absolute atomic E-state index is 12.6. The number of rotatable bonds is 4. The third-order valence-electron chi connectivity index (χ3n) is 3.53. The minimum atomic E-state index is -1.04. The number of carbonyl (C=O) groups excluding carboxylic acids is 2. The Hall–Kier alpha value is -1.75. The van der Waals surface area contributed by atoms with Crippen molar-refractivity contribution in [2.75, 3.05) is 11.4 Å². The average molecular weight is 326 g/mol. The zero-order valence-electron chi connectivity index (χ0n) is 13.2. The first kappa shape index (κ1) is 16.6. The molecule has 1 amide bonds. The predicted molar refractivity (Wildman–Crippen MR) is 84.4 cm³/mol. The van der Waals surface area contributed by atoms with Gasteiger partial charge in [0, 0.05) is 5.02 Å². The van der Waals surface area contributed by atoms with Gasteiger partial charge in [0.05, 0.1) is 11.8 Å². The van der Waals surface area contributed by atoms with E-state index in [1.807, 2.05) is 13.8 Å². The Bertz CT molecular complexity index is 600. The summed E-state index contributed by atoms with van der Waals surface area (Å²) in [5, 5.41) is 0.468. The molecule has 0 aliphatic carbocycles. The zero-order chi connectivity index (χ0) is 16.5. The maximum atomic E-state index is 12.6. The molecule has 1 aromatic carbocycles. The summed E-state index contributed by atoms with van der Waals surface area (Å²) in [5.74, 6) is -0.236. The molecular formula is C16H20ClNO4. The van der Waals surface area contributed by atoms with Crippen LogP contribution in [0.5, 0.6) is 5.75 Å². The van der Waals surface area contributed by atoms with E-state index in [1.165, 1.54) is 4.90 Å². The van der Waals surface area contributed by atoms with E-state index in [1.54, 1.807) is 32.0 Å². The number of amides is 1. The Morgan fingerprint density at radius 2 is 2.14 bits per heavy atom. The smallest absolute Gasteiger partial charge is 0.326 e. The molecule has 0 aromatic heterocycles. The summed E-state index contributed by atoms with van der Waals surface area (Å²) in [6.45, 7) is 6.91. The molecule has 120 valence electrons. The Morgan fingerprint density at radius 1 is 1.45 bits per heavy atom. The van der Waals surface area contributed by atoms with Crippen LogP contribution in [0.3, 0.4) is 0 Å². The van der Waals surface area contributed by atoms with Crippen LogP contribution in [0.1, 0.15) is 34.1 Å². The Kier molecular flexibility index (Phi) is 4.66. The molecule has 0 fully saturated rings. The standard InChI is InChI=1S/C16H20ClNO4/c1-5-10(2)21-14(19)9-18-12-8-11(17)6-7-13(12)22-16(3,4)15(18)20/h6-8,10H,5,9H2,1-4H3. The fourth-order valence-electron chi connectivity index (χ4n) is 2.17. The third-order valence-corrected chi connectivity index (χ3v) is 3.77. The number of esters is 1. The van der Waals surface area contributed by atoms with Gasteiger partial charge < -0.3 is 9.47 Å². The quantitative estimate of drug-likeness (QED) is 0.798. The van der Waals surface area contributed by atoms with E-state index in [9.17, 15) is 9.59 Å². The van der Waals surface area contributed by atoms with Crippen LogP contribution in [-0.2, 0) is 14.3 Å². The second-order valence-corrected chi connectivity index (χ2v) is 6.26. The van der Waals surface area contributed by atoms with Gasteiger partial charge in [-0.3, -0.25) is 14.5 Å². The van der Waals surface area contributed by atoms with E-state index in [4.69, 9.17) is 21.1 Å². The molecule has 0 N–H and O–H groups in total. The number of benzene rings is 1. The zero-order valence-corrected chi connectivity index (χ0v) is 13.9. The summed E-state index contributed by atoms with van der Waals surface area (Å²) in [4.78, 5) is 26.0. The van der Waals surface area contributed by atoms with E-state index in [0.29, 0.717) is 16.5 Å². The summed E-state index contributed by atoms with van der Waals surface area (Å²) < 4.78 is 11.0. The van der Waals surface area contributed by atoms with Gasteiger partial charge >= 0.3 is 5.97 Å². The van der Waals surface area contributed by atoms with Crippen LogP contribution >= 0.6 is 11.6 Å². The molecule has 1 atom stereocenters. The normalized spacial score (nSPS) is 17.5. The number of hydrogen-bond donors (Lipinski definition) is 0. The van der Waals surface area contributed by atoms with Crippen molar-refractivity contribution in [1.82, 2.24) is 0 Å². The molecular weight excluding hydrogens is 306 g/mol. The van der Waals surface area contributed by atoms with Gasteiger partial charge in [0.25, 0.3) is 5.91 Å². The molecule has 1 aliphatic rings. The van der Waals surface area contributed by atoms with Crippen molar-refractivity contribution in [2.45, 2.75) is 45.8 Å². The van der Waals surface area contributed by atoms with Crippen LogP contribution in [0, 0.1) is 0 Å². The van der Waals surface area contributed by atoms with Crippen molar-refractivity contribution in [2.24, 2.45) is 0 Å². The van der Waals surface area contributed by atoms with Crippen molar-refractivity contribution in [3.05, 3.63) is 23.2 Å². The Labute approximate surface area is 135 Å². The molecule has 0 saturated carbocycles. The number of anilines is 1.